The summed E-state index contributed by atoms with van der Waals surface area (Å²) >= 11 is 1.69. The number of anilines is 1. The number of aliphatic hydroxyl groups is 1. The Balaban J connectivity index is 1.60. The number of thiophene rings is 1. The van der Waals surface area contributed by atoms with Crippen molar-refractivity contribution in [1.29, 1.82) is 0 Å². The molecule has 0 amide bonds. The van der Waals surface area contributed by atoms with Gasteiger partial charge >= 0.3 is 0 Å². The number of nitrogens with one attached hydrogen (secondary N) is 1. The first kappa shape index (κ1) is 16.4. The van der Waals surface area contributed by atoms with Gasteiger partial charge in [0, 0.05) is 25.7 Å². The van der Waals surface area contributed by atoms with Crippen LogP contribution < -0.4 is 10.2 Å². The normalized spacial score (nSPS) is 17.4. The first-order chi connectivity index (χ1) is 11.1. The molecule has 1 aliphatic rings. The fourth-order valence-corrected chi connectivity index (χ4v) is 3.69. The number of aliphatic hydroxyl groups excluding tert-OH is 1. The van der Waals surface area contributed by atoms with Gasteiger partial charge in [0.25, 0.3) is 0 Å². The van der Waals surface area contributed by atoms with Crippen molar-refractivity contribution in [3.8, 4) is 0 Å². The van der Waals surface area contributed by atoms with E-state index in [2.05, 4.69) is 29.1 Å². The highest BCUT2D eigenvalue weighted by Crippen LogP contribution is 2.24. The Labute approximate surface area is 140 Å². The smallest absolute Gasteiger partial charge is 0.146 e. The highest BCUT2D eigenvalue weighted by Gasteiger charge is 2.19. The third kappa shape index (κ3) is 4.10. The first-order valence-electron chi connectivity index (χ1n) is 8.10. The molecule has 0 aliphatic carbocycles. The molecular formula is C18H23FN2OS. The third-order valence-corrected chi connectivity index (χ3v) is 5.17. The van der Waals surface area contributed by atoms with Crippen molar-refractivity contribution in [3.63, 3.8) is 0 Å². The summed E-state index contributed by atoms with van der Waals surface area (Å²) < 4.78 is 14.4. The lowest BCUT2D eigenvalue weighted by molar-refractivity contribution is 0.145. The molecule has 1 aliphatic heterocycles. The highest BCUT2D eigenvalue weighted by atomic mass is 32.1. The van der Waals surface area contributed by atoms with Crippen LogP contribution in [0.4, 0.5) is 10.1 Å². The fourth-order valence-electron chi connectivity index (χ4n) is 2.93. The Bertz CT molecular complexity index is 624. The third-order valence-electron chi connectivity index (χ3n) is 4.47. The van der Waals surface area contributed by atoms with E-state index in [9.17, 15) is 9.50 Å². The van der Waals surface area contributed by atoms with Crippen molar-refractivity contribution in [2.24, 2.45) is 0 Å². The maximum absolute atomic E-state index is 14.4. The number of piperidine rings is 1. The Morgan fingerprint density at radius 1 is 1.35 bits per heavy atom. The summed E-state index contributed by atoms with van der Waals surface area (Å²) in [6.07, 6.45) is 1.18. The molecule has 0 bridgehead atoms. The summed E-state index contributed by atoms with van der Waals surface area (Å²) in [4.78, 5) is 2.02. The monoisotopic (exact) mass is 334 g/mol. The minimum absolute atomic E-state index is 0.177. The second-order valence-electron chi connectivity index (χ2n) is 6.16. The van der Waals surface area contributed by atoms with Crippen molar-refractivity contribution < 1.29 is 9.50 Å². The zero-order chi connectivity index (χ0) is 16.2. The largest absolute Gasteiger partial charge is 0.393 e. The molecular weight excluding hydrogens is 311 g/mol. The topological polar surface area (TPSA) is 35.5 Å². The molecule has 2 aromatic rings. The van der Waals surface area contributed by atoms with Crippen LogP contribution in [0.2, 0.25) is 0 Å². The first-order valence-corrected chi connectivity index (χ1v) is 9.04. The Morgan fingerprint density at radius 3 is 2.78 bits per heavy atom. The lowest BCUT2D eigenvalue weighted by atomic mass is 10.1. The van der Waals surface area contributed by atoms with E-state index >= 15 is 0 Å². The number of rotatable bonds is 5. The van der Waals surface area contributed by atoms with Gasteiger partial charge in [0.05, 0.1) is 11.8 Å². The van der Waals surface area contributed by atoms with Gasteiger partial charge in [0.15, 0.2) is 0 Å². The maximum Gasteiger partial charge on any atom is 0.146 e. The van der Waals surface area contributed by atoms with Gasteiger partial charge in [-0.3, -0.25) is 0 Å². The zero-order valence-corrected chi connectivity index (χ0v) is 14.2. The van der Waals surface area contributed by atoms with Crippen molar-refractivity contribution in [3.05, 3.63) is 52.0 Å². The minimum Gasteiger partial charge on any atom is -0.393 e. The van der Waals surface area contributed by atoms with Gasteiger partial charge in [-0.05, 0) is 59.9 Å². The average molecular weight is 334 g/mol. The van der Waals surface area contributed by atoms with Crippen molar-refractivity contribution >= 4 is 17.0 Å². The van der Waals surface area contributed by atoms with E-state index in [0.717, 1.165) is 5.56 Å². The Kier molecular flexibility index (Phi) is 5.30. The number of nitrogens with zero attached hydrogens (tertiary/aromatic N) is 1. The molecule has 0 radical (unpaired) electrons. The molecule has 1 unspecified atom stereocenters. The Morgan fingerprint density at radius 2 is 2.13 bits per heavy atom. The van der Waals surface area contributed by atoms with E-state index in [0.29, 0.717) is 38.2 Å². The maximum atomic E-state index is 14.4. The summed E-state index contributed by atoms with van der Waals surface area (Å²) in [5.74, 6) is -0.177. The molecule has 1 aromatic carbocycles. The van der Waals surface area contributed by atoms with Crippen LogP contribution in [0, 0.1) is 5.82 Å². The van der Waals surface area contributed by atoms with Crippen LogP contribution in [0.15, 0.2) is 35.0 Å². The van der Waals surface area contributed by atoms with Gasteiger partial charge in [-0.25, -0.2) is 4.39 Å². The van der Waals surface area contributed by atoms with Gasteiger partial charge < -0.3 is 15.3 Å². The van der Waals surface area contributed by atoms with Crippen LogP contribution in [0.1, 0.15) is 36.9 Å². The molecule has 2 heterocycles. The Hall–Kier alpha value is -1.43. The molecule has 1 aromatic heterocycles. The van der Waals surface area contributed by atoms with Crippen LogP contribution in [-0.2, 0) is 6.54 Å². The van der Waals surface area contributed by atoms with Crippen molar-refractivity contribution in [2.45, 2.75) is 38.5 Å². The number of hydrogen-bond acceptors (Lipinski definition) is 4. The number of hydrogen-bond donors (Lipinski definition) is 2. The van der Waals surface area contributed by atoms with Gasteiger partial charge in [0.2, 0.25) is 0 Å². The SMILES string of the molecule is CC(NCc1ccc(N2CCC(O)CC2)c(F)c1)c1ccsc1. The summed E-state index contributed by atoms with van der Waals surface area (Å²) in [5, 5.41) is 17.2. The van der Waals surface area contributed by atoms with Gasteiger partial charge in [-0.2, -0.15) is 11.3 Å². The van der Waals surface area contributed by atoms with E-state index in [1.165, 1.54) is 5.56 Å². The molecule has 3 nitrogen and oxygen atoms in total. The van der Waals surface area contributed by atoms with Crippen molar-refractivity contribution in [2.75, 3.05) is 18.0 Å². The number of benzene rings is 1. The predicted molar refractivity (Wildman–Crippen MR) is 93.4 cm³/mol. The van der Waals surface area contributed by atoms with E-state index < -0.39 is 0 Å². The average Bonchev–Trinajstić information content (AvgIpc) is 3.08. The molecule has 0 spiro atoms. The summed E-state index contributed by atoms with van der Waals surface area (Å²) in [5.41, 5.74) is 2.86. The molecule has 1 atom stereocenters. The number of halogens is 1. The van der Waals surface area contributed by atoms with Crippen molar-refractivity contribution in [1.82, 2.24) is 5.32 Å². The second kappa shape index (κ2) is 7.43. The van der Waals surface area contributed by atoms with Gasteiger partial charge in [-0.1, -0.05) is 6.07 Å². The minimum atomic E-state index is -0.239. The van der Waals surface area contributed by atoms with Crippen LogP contribution in [0.5, 0.6) is 0 Å². The molecule has 5 heteroatoms. The lowest BCUT2D eigenvalue weighted by Crippen LogP contribution is -2.36. The molecule has 2 N–H and O–H groups in total. The fraction of sp³-hybridized carbons (Fsp3) is 0.444. The zero-order valence-electron chi connectivity index (χ0n) is 13.3. The standard InChI is InChI=1S/C18H23FN2OS/c1-13(15-6-9-23-12-15)20-11-14-2-3-18(17(19)10-14)21-7-4-16(22)5-8-21/h2-3,6,9-10,12-13,16,20,22H,4-5,7-8,11H2,1H3. The predicted octanol–water partition coefficient (Wildman–Crippen LogP) is 3.70. The van der Waals surface area contributed by atoms with Gasteiger partial charge in [-0.15, -0.1) is 0 Å². The van der Waals surface area contributed by atoms with Crippen LogP contribution in [0.25, 0.3) is 0 Å². The van der Waals surface area contributed by atoms with E-state index in [1.54, 1.807) is 17.4 Å². The van der Waals surface area contributed by atoms with E-state index in [1.807, 2.05) is 17.0 Å². The molecule has 1 fully saturated rings. The second-order valence-corrected chi connectivity index (χ2v) is 6.94. The molecule has 0 saturated carbocycles. The molecule has 3 rings (SSSR count). The van der Waals surface area contributed by atoms with E-state index in [4.69, 9.17) is 0 Å². The molecule has 23 heavy (non-hydrogen) atoms. The van der Waals surface area contributed by atoms with Crippen LogP contribution in [-0.4, -0.2) is 24.3 Å². The van der Waals surface area contributed by atoms with Crippen LogP contribution >= 0.6 is 11.3 Å². The van der Waals surface area contributed by atoms with Gasteiger partial charge in [0.1, 0.15) is 5.82 Å². The lowest BCUT2D eigenvalue weighted by Gasteiger charge is -2.31. The quantitative estimate of drug-likeness (QED) is 0.875. The molecule has 1 saturated heterocycles. The van der Waals surface area contributed by atoms with Crippen LogP contribution in [0.3, 0.4) is 0 Å². The van der Waals surface area contributed by atoms with E-state index in [-0.39, 0.29) is 18.0 Å². The summed E-state index contributed by atoms with van der Waals surface area (Å²) in [7, 11) is 0. The summed E-state index contributed by atoms with van der Waals surface area (Å²) in [6.45, 7) is 4.19. The highest BCUT2D eigenvalue weighted by molar-refractivity contribution is 7.07. The molecule has 124 valence electrons. The summed E-state index contributed by atoms with van der Waals surface area (Å²) in [6, 6.07) is 7.83.